The molecule has 1 aromatic rings. The summed E-state index contributed by atoms with van der Waals surface area (Å²) in [6.07, 6.45) is 2.27. The van der Waals surface area contributed by atoms with E-state index >= 15 is 0 Å². The largest absolute Gasteiger partial charge is 0.360 e. The predicted molar refractivity (Wildman–Crippen MR) is 69.5 cm³/mol. The molecule has 1 saturated heterocycles. The Morgan fingerprint density at radius 1 is 1.61 bits per heavy atom. The number of nitrogens with zero attached hydrogens (tertiary/aromatic N) is 3. The number of anilines is 1. The molecule has 96 valence electrons. The minimum absolute atomic E-state index is 0.323. The van der Waals surface area contributed by atoms with Crippen molar-refractivity contribution in [3.8, 4) is 6.07 Å². The molecule has 18 heavy (non-hydrogen) atoms. The fraction of sp³-hybridized carbons (Fsp3) is 0.667. The SMILES string of the molecule is N#CC1CN(c2nc(CNC3CC3)cs2)CCO1. The van der Waals surface area contributed by atoms with E-state index in [2.05, 4.69) is 26.6 Å². The Hall–Kier alpha value is -1.16. The van der Waals surface area contributed by atoms with Crippen molar-refractivity contribution in [2.45, 2.75) is 31.5 Å². The maximum absolute atomic E-state index is 8.88. The minimum atomic E-state index is -0.323. The molecule has 3 rings (SSSR count). The van der Waals surface area contributed by atoms with E-state index < -0.39 is 0 Å². The molecule has 0 bridgehead atoms. The number of thiazole rings is 1. The maximum atomic E-state index is 8.88. The van der Waals surface area contributed by atoms with Gasteiger partial charge < -0.3 is 15.0 Å². The Labute approximate surface area is 110 Å². The van der Waals surface area contributed by atoms with Gasteiger partial charge in [0.25, 0.3) is 0 Å². The lowest BCUT2D eigenvalue weighted by Gasteiger charge is -2.29. The first-order chi connectivity index (χ1) is 8.85. The lowest BCUT2D eigenvalue weighted by molar-refractivity contribution is 0.0764. The molecule has 2 fully saturated rings. The van der Waals surface area contributed by atoms with E-state index in [1.807, 2.05) is 0 Å². The lowest BCUT2D eigenvalue weighted by Crippen LogP contribution is -2.41. The van der Waals surface area contributed by atoms with E-state index in [0.717, 1.165) is 23.9 Å². The summed E-state index contributed by atoms with van der Waals surface area (Å²) >= 11 is 1.65. The molecule has 0 amide bonds. The molecular formula is C12H16N4OS. The van der Waals surface area contributed by atoms with Crippen LogP contribution in [0, 0.1) is 11.3 Å². The quantitative estimate of drug-likeness (QED) is 0.883. The van der Waals surface area contributed by atoms with Gasteiger partial charge in [-0.1, -0.05) is 0 Å². The molecule has 1 unspecified atom stereocenters. The first-order valence-electron chi connectivity index (χ1n) is 6.29. The zero-order valence-electron chi connectivity index (χ0n) is 10.1. The summed E-state index contributed by atoms with van der Waals surface area (Å²) in [4.78, 5) is 6.76. The van der Waals surface area contributed by atoms with Crippen molar-refractivity contribution in [2.24, 2.45) is 0 Å². The summed E-state index contributed by atoms with van der Waals surface area (Å²) in [6.45, 7) is 2.90. The van der Waals surface area contributed by atoms with Crippen LogP contribution in [0.25, 0.3) is 0 Å². The molecule has 1 saturated carbocycles. The van der Waals surface area contributed by atoms with Crippen molar-refractivity contribution >= 4 is 16.5 Å². The Balaban J connectivity index is 1.59. The van der Waals surface area contributed by atoms with Gasteiger partial charge in [0, 0.05) is 24.5 Å². The van der Waals surface area contributed by atoms with Gasteiger partial charge in [0.05, 0.1) is 24.9 Å². The van der Waals surface area contributed by atoms with E-state index in [0.29, 0.717) is 19.2 Å². The number of hydrogen-bond acceptors (Lipinski definition) is 6. The fourth-order valence-corrected chi connectivity index (χ4v) is 2.82. The number of nitriles is 1. The lowest BCUT2D eigenvalue weighted by atomic mass is 10.3. The van der Waals surface area contributed by atoms with E-state index in [9.17, 15) is 0 Å². The van der Waals surface area contributed by atoms with Gasteiger partial charge in [-0.3, -0.25) is 0 Å². The zero-order valence-corrected chi connectivity index (χ0v) is 10.9. The van der Waals surface area contributed by atoms with Crippen LogP contribution in [0.1, 0.15) is 18.5 Å². The second-order valence-electron chi connectivity index (χ2n) is 4.71. The van der Waals surface area contributed by atoms with E-state index in [1.54, 1.807) is 11.3 Å². The topological polar surface area (TPSA) is 61.2 Å². The molecule has 0 radical (unpaired) electrons. The third-order valence-electron chi connectivity index (χ3n) is 3.17. The molecule has 1 aromatic heterocycles. The summed E-state index contributed by atoms with van der Waals surface area (Å²) in [5.41, 5.74) is 1.10. The maximum Gasteiger partial charge on any atom is 0.185 e. The summed E-state index contributed by atoms with van der Waals surface area (Å²) in [5.74, 6) is 0. The number of morpholine rings is 1. The van der Waals surface area contributed by atoms with Crippen molar-refractivity contribution < 1.29 is 4.74 Å². The van der Waals surface area contributed by atoms with Gasteiger partial charge in [0.15, 0.2) is 11.2 Å². The molecule has 5 nitrogen and oxygen atoms in total. The van der Waals surface area contributed by atoms with Gasteiger partial charge in [-0.05, 0) is 12.8 Å². The number of rotatable bonds is 4. The van der Waals surface area contributed by atoms with E-state index in [4.69, 9.17) is 10.00 Å². The number of hydrogen-bond donors (Lipinski definition) is 1. The monoisotopic (exact) mass is 264 g/mol. The Morgan fingerprint density at radius 3 is 3.28 bits per heavy atom. The molecule has 0 spiro atoms. The van der Waals surface area contributed by atoms with Crippen molar-refractivity contribution in [3.05, 3.63) is 11.1 Å². The highest BCUT2D eigenvalue weighted by Gasteiger charge is 2.23. The van der Waals surface area contributed by atoms with E-state index in [1.165, 1.54) is 12.8 Å². The molecule has 1 atom stereocenters. The van der Waals surface area contributed by atoms with Crippen LogP contribution in [0.3, 0.4) is 0 Å². The molecule has 2 aliphatic rings. The van der Waals surface area contributed by atoms with E-state index in [-0.39, 0.29) is 6.10 Å². The molecule has 1 aliphatic carbocycles. The number of ether oxygens (including phenoxy) is 1. The Kier molecular flexibility index (Phi) is 3.46. The van der Waals surface area contributed by atoms with Crippen LogP contribution < -0.4 is 10.2 Å². The normalized spacial score (nSPS) is 23.9. The summed E-state index contributed by atoms with van der Waals surface area (Å²) in [7, 11) is 0. The highest BCUT2D eigenvalue weighted by molar-refractivity contribution is 7.13. The van der Waals surface area contributed by atoms with Gasteiger partial charge in [-0.25, -0.2) is 4.98 Å². The van der Waals surface area contributed by atoms with Crippen molar-refractivity contribution in [2.75, 3.05) is 24.6 Å². The minimum Gasteiger partial charge on any atom is -0.360 e. The fourth-order valence-electron chi connectivity index (χ4n) is 1.96. The second-order valence-corrected chi connectivity index (χ2v) is 5.55. The van der Waals surface area contributed by atoms with Crippen molar-refractivity contribution in [1.82, 2.24) is 10.3 Å². The number of nitrogens with one attached hydrogen (secondary N) is 1. The highest BCUT2D eigenvalue weighted by atomic mass is 32.1. The predicted octanol–water partition coefficient (Wildman–Crippen LogP) is 1.12. The van der Waals surface area contributed by atoms with Gasteiger partial charge in [0.1, 0.15) is 0 Å². The van der Waals surface area contributed by atoms with Crippen LogP contribution in [0.15, 0.2) is 5.38 Å². The zero-order chi connectivity index (χ0) is 12.4. The average Bonchev–Trinajstić information content (AvgIpc) is 3.13. The van der Waals surface area contributed by atoms with Crippen LogP contribution in [0.4, 0.5) is 5.13 Å². The average molecular weight is 264 g/mol. The Morgan fingerprint density at radius 2 is 2.50 bits per heavy atom. The van der Waals surface area contributed by atoms with Crippen LogP contribution in [-0.4, -0.2) is 36.8 Å². The van der Waals surface area contributed by atoms with Crippen LogP contribution >= 0.6 is 11.3 Å². The molecule has 0 aromatic carbocycles. The van der Waals surface area contributed by atoms with Crippen molar-refractivity contribution in [3.63, 3.8) is 0 Å². The third-order valence-corrected chi connectivity index (χ3v) is 4.12. The number of aromatic nitrogens is 1. The standard InChI is InChI=1S/C12H16N4OS/c13-5-11-7-16(3-4-17-11)12-15-10(8-18-12)6-14-9-1-2-9/h8-9,11,14H,1-4,6-7H2. The van der Waals surface area contributed by atoms with Gasteiger partial charge >= 0.3 is 0 Å². The van der Waals surface area contributed by atoms with Crippen LogP contribution in [0.2, 0.25) is 0 Å². The Bertz CT molecular complexity index is 451. The highest BCUT2D eigenvalue weighted by Crippen LogP contribution is 2.24. The third kappa shape index (κ3) is 2.80. The van der Waals surface area contributed by atoms with Crippen LogP contribution in [0.5, 0.6) is 0 Å². The molecule has 1 aliphatic heterocycles. The van der Waals surface area contributed by atoms with Gasteiger partial charge in [-0.2, -0.15) is 5.26 Å². The molecular weight excluding hydrogens is 248 g/mol. The molecule has 2 heterocycles. The van der Waals surface area contributed by atoms with Gasteiger partial charge in [-0.15, -0.1) is 11.3 Å². The van der Waals surface area contributed by atoms with Crippen LogP contribution in [-0.2, 0) is 11.3 Å². The first-order valence-corrected chi connectivity index (χ1v) is 7.17. The molecule has 1 N–H and O–H groups in total. The summed E-state index contributed by atoms with van der Waals surface area (Å²) < 4.78 is 5.33. The molecule has 6 heteroatoms. The summed E-state index contributed by atoms with van der Waals surface area (Å²) in [5, 5.41) is 15.4. The summed E-state index contributed by atoms with van der Waals surface area (Å²) in [6, 6.07) is 2.87. The second kappa shape index (κ2) is 5.22. The van der Waals surface area contributed by atoms with Gasteiger partial charge in [0.2, 0.25) is 0 Å². The smallest absolute Gasteiger partial charge is 0.185 e. The van der Waals surface area contributed by atoms with Crippen molar-refractivity contribution in [1.29, 1.82) is 5.26 Å². The first kappa shape index (κ1) is 11.9.